The van der Waals surface area contributed by atoms with E-state index >= 15 is 0 Å². The average Bonchev–Trinajstić information content (AvgIpc) is 3.11. The van der Waals surface area contributed by atoms with Crippen molar-refractivity contribution in [2.75, 3.05) is 32.7 Å². The molecule has 0 aromatic rings. The summed E-state index contributed by atoms with van der Waals surface area (Å²) < 4.78 is 0. The standard InChI is InChI=1S/C16H32N4.HI/c1-2-17-16(19-15-9-3-4-10-15)18-11-5-6-12-20-13-7-8-14-20;/h15H,2-14H2,1H3,(H2,17,18,19);1H. The minimum absolute atomic E-state index is 0. The molecule has 0 unspecified atom stereocenters. The van der Waals surface area contributed by atoms with Crippen molar-refractivity contribution in [3.05, 3.63) is 0 Å². The van der Waals surface area contributed by atoms with Crippen LogP contribution in [0.15, 0.2) is 4.99 Å². The first-order chi connectivity index (χ1) is 9.88. The van der Waals surface area contributed by atoms with Gasteiger partial charge in [-0.25, -0.2) is 0 Å². The lowest BCUT2D eigenvalue weighted by Crippen LogP contribution is -2.42. The van der Waals surface area contributed by atoms with Gasteiger partial charge in [0.2, 0.25) is 0 Å². The van der Waals surface area contributed by atoms with Crippen LogP contribution in [0.5, 0.6) is 0 Å². The fraction of sp³-hybridized carbons (Fsp3) is 0.938. The van der Waals surface area contributed by atoms with Gasteiger partial charge in [-0.3, -0.25) is 4.99 Å². The lowest BCUT2D eigenvalue weighted by atomic mass is 10.2. The predicted molar refractivity (Wildman–Crippen MR) is 102 cm³/mol. The van der Waals surface area contributed by atoms with E-state index in [2.05, 4.69) is 22.5 Å². The summed E-state index contributed by atoms with van der Waals surface area (Å²) in [5.74, 6) is 1.03. The maximum absolute atomic E-state index is 4.72. The number of nitrogens with zero attached hydrogens (tertiary/aromatic N) is 2. The van der Waals surface area contributed by atoms with Crippen LogP contribution in [0, 0.1) is 0 Å². The summed E-state index contributed by atoms with van der Waals surface area (Å²) in [6.45, 7) is 7.94. The van der Waals surface area contributed by atoms with E-state index in [-0.39, 0.29) is 24.0 Å². The molecule has 124 valence electrons. The predicted octanol–water partition coefficient (Wildman–Crippen LogP) is 2.98. The quantitative estimate of drug-likeness (QED) is 0.295. The number of unbranched alkanes of at least 4 members (excludes halogenated alkanes) is 1. The van der Waals surface area contributed by atoms with E-state index in [9.17, 15) is 0 Å². The van der Waals surface area contributed by atoms with Crippen LogP contribution in [-0.2, 0) is 0 Å². The number of guanidine groups is 1. The van der Waals surface area contributed by atoms with E-state index in [1.807, 2.05) is 0 Å². The van der Waals surface area contributed by atoms with Crippen molar-refractivity contribution in [2.24, 2.45) is 4.99 Å². The Hall–Kier alpha value is -0.0400. The smallest absolute Gasteiger partial charge is 0.191 e. The molecule has 2 N–H and O–H groups in total. The Balaban J connectivity index is 0.00000220. The van der Waals surface area contributed by atoms with Crippen LogP contribution in [0.1, 0.15) is 58.3 Å². The third-order valence-corrected chi connectivity index (χ3v) is 4.39. The second kappa shape index (κ2) is 11.5. The summed E-state index contributed by atoms with van der Waals surface area (Å²) in [4.78, 5) is 7.31. The second-order valence-electron chi connectivity index (χ2n) is 6.14. The lowest BCUT2D eigenvalue weighted by Gasteiger charge is -2.17. The zero-order valence-electron chi connectivity index (χ0n) is 13.6. The number of nitrogens with one attached hydrogen (secondary N) is 2. The molecule has 2 rings (SSSR count). The maximum atomic E-state index is 4.72. The molecule has 0 atom stereocenters. The Labute approximate surface area is 147 Å². The summed E-state index contributed by atoms with van der Waals surface area (Å²) >= 11 is 0. The van der Waals surface area contributed by atoms with Crippen LogP contribution in [0.4, 0.5) is 0 Å². The number of aliphatic imine (C=N–C) groups is 1. The SMILES string of the molecule is CCNC(=NCCCCN1CCCC1)NC1CCCC1.I. The van der Waals surface area contributed by atoms with E-state index in [4.69, 9.17) is 4.99 Å². The normalized spacial score (nSPS) is 20.5. The Morgan fingerprint density at radius 2 is 1.81 bits per heavy atom. The average molecular weight is 408 g/mol. The highest BCUT2D eigenvalue weighted by Crippen LogP contribution is 2.17. The van der Waals surface area contributed by atoms with Gasteiger partial charge in [-0.1, -0.05) is 12.8 Å². The monoisotopic (exact) mass is 408 g/mol. The maximum Gasteiger partial charge on any atom is 0.191 e. The van der Waals surface area contributed by atoms with Gasteiger partial charge in [0.1, 0.15) is 0 Å². The van der Waals surface area contributed by atoms with Crippen molar-refractivity contribution in [1.29, 1.82) is 0 Å². The zero-order valence-corrected chi connectivity index (χ0v) is 15.9. The molecule has 5 heteroatoms. The summed E-state index contributed by atoms with van der Waals surface area (Å²) in [5, 5.41) is 6.95. The van der Waals surface area contributed by atoms with Gasteiger partial charge >= 0.3 is 0 Å². The molecule has 0 spiro atoms. The number of rotatable bonds is 7. The molecule has 0 radical (unpaired) electrons. The van der Waals surface area contributed by atoms with Gasteiger partial charge in [0.25, 0.3) is 0 Å². The van der Waals surface area contributed by atoms with Crippen LogP contribution < -0.4 is 10.6 Å². The van der Waals surface area contributed by atoms with Gasteiger partial charge < -0.3 is 15.5 Å². The van der Waals surface area contributed by atoms with Crippen LogP contribution in [0.25, 0.3) is 0 Å². The first kappa shape index (κ1) is 19.0. The number of hydrogen-bond acceptors (Lipinski definition) is 2. The van der Waals surface area contributed by atoms with Gasteiger partial charge in [-0.05, 0) is 65.1 Å². The lowest BCUT2D eigenvalue weighted by molar-refractivity contribution is 0.331. The topological polar surface area (TPSA) is 39.7 Å². The van der Waals surface area contributed by atoms with Crippen molar-refractivity contribution >= 4 is 29.9 Å². The van der Waals surface area contributed by atoms with Crippen molar-refractivity contribution in [1.82, 2.24) is 15.5 Å². The van der Waals surface area contributed by atoms with Crippen molar-refractivity contribution in [3.8, 4) is 0 Å². The summed E-state index contributed by atoms with van der Waals surface area (Å²) in [6, 6.07) is 0.650. The van der Waals surface area contributed by atoms with Gasteiger partial charge in [-0.2, -0.15) is 0 Å². The largest absolute Gasteiger partial charge is 0.357 e. The molecule has 21 heavy (non-hydrogen) atoms. The van der Waals surface area contributed by atoms with Crippen LogP contribution in [0.2, 0.25) is 0 Å². The van der Waals surface area contributed by atoms with Crippen LogP contribution >= 0.6 is 24.0 Å². The van der Waals surface area contributed by atoms with Crippen LogP contribution in [0.3, 0.4) is 0 Å². The highest BCUT2D eigenvalue weighted by molar-refractivity contribution is 14.0. The minimum Gasteiger partial charge on any atom is -0.357 e. The Kier molecular flexibility index (Phi) is 10.4. The molecule has 1 aliphatic heterocycles. The van der Waals surface area contributed by atoms with Crippen molar-refractivity contribution in [3.63, 3.8) is 0 Å². The molecule has 0 aromatic carbocycles. The molecule has 0 amide bonds. The highest BCUT2D eigenvalue weighted by atomic mass is 127. The fourth-order valence-electron chi connectivity index (χ4n) is 3.23. The molecule has 1 aliphatic carbocycles. The molecule has 2 fully saturated rings. The third kappa shape index (κ3) is 7.68. The van der Waals surface area contributed by atoms with E-state index in [0.29, 0.717) is 6.04 Å². The van der Waals surface area contributed by atoms with Crippen molar-refractivity contribution in [2.45, 2.75) is 64.3 Å². The molecule has 2 aliphatic rings. The number of hydrogen-bond donors (Lipinski definition) is 2. The molecule has 0 bridgehead atoms. The molecule has 1 heterocycles. The van der Waals surface area contributed by atoms with Gasteiger partial charge in [0.15, 0.2) is 5.96 Å². The van der Waals surface area contributed by atoms with Gasteiger partial charge in [0.05, 0.1) is 0 Å². The molecular formula is C16H33IN4. The molecular weight excluding hydrogens is 375 g/mol. The van der Waals surface area contributed by atoms with Crippen LogP contribution in [-0.4, -0.2) is 49.6 Å². The fourth-order valence-corrected chi connectivity index (χ4v) is 3.23. The molecule has 0 aromatic heterocycles. The zero-order chi connectivity index (χ0) is 14.0. The second-order valence-corrected chi connectivity index (χ2v) is 6.14. The number of likely N-dealkylation sites (tertiary alicyclic amines) is 1. The van der Waals surface area contributed by atoms with E-state index in [1.165, 1.54) is 71.0 Å². The molecule has 1 saturated heterocycles. The van der Waals surface area contributed by atoms with E-state index < -0.39 is 0 Å². The van der Waals surface area contributed by atoms with E-state index in [1.54, 1.807) is 0 Å². The highest BCUT2D eigenvalue weighted by Gasteiger charge is 2.15. The Morgan fingerprint density at radius 1 is 1.10 bits per heavy atom. The van der Waals surface area contributed by atoms with Gasteiger partial charge in [0, 0.05) is 19.1 Å². The Bertz CT molecular complexity index is 284. The summed E-state index contributed by atoms with van der Waals surface area (Å²) in [6.07, 6.45) is 10.6. The van der Waals surface area contributed by atoms with Gasteiger partial charge in [-0.15, -0.1) is 24.0 Å². The first-order valence-corrected chi connectivity index (χ1v) is 8.65. The molecule has 1 saturated carbocycles. The van der Waals surface area contributed by atoms with E-state index in [0.717, 1.165) is 19.0 Å². The first-order valence-electron chi connectivity index (χ1n) is 8.65. The minimum atomic E-state index is 0. The summed E-state index contributed by atoms with van der Waals surface area (Å²) in [7, 11) is 0. The number of halogens is 1. The summed E-state index contributed by atoms with van der Waals surface area (Å²) in [5.41, 5.74) is 0. The third-order valence-electron chi connectivity index (χ3n) is 4.39. The van der Waals surface area contributed by atoms with Crippen molar-refractivity contribution < 1.29 is 0 Å². The molecule has 4 nitrogen and oxygen atoms in total. The Morgan fingerprint density at radius 3 is 2.48 bits per heavy atom.